The normalized spacial score (nSPS) is 9.50. The Morgan fingerprint density at radius 1 is 1.29 bits per heavy atom. The van der Waals surface area contributed by atoms with Crippen molar-refractivity contribution in [3.63, 3.8) is 0 Å². The monoisotopic (exact) mass is 325 g/mol. The lowest BCUT2D eigenvalue weighted by Gasteiger charge is -2.04. The van der Waals surface area contributed by atoms with Crippen molar-refractivity contribution < 1.29 is 19.4 Å². The Balaban J connectivity index is 1.96. The fraction of sp³-hybridized carbons (Fsp3) is 0.118. The molecule has 0 saturated heterocycles. The van der Waals surface area contributed by atoms with Crippen LogP contribution in [-0.4, -0.2) is 35.1 Å². The number of amides is 2. The molecule has 0 atom stereocenters. The smallest absolute Gasteiger partial charge is 0.274 e. The number of hydrogen-bond donors (Lipinski definition) is 3. The first-order valence-electron chi connectivity index (χ1n) is 6.98. The van der Waals surface area contributed by atoms with E-state index < -0.39 is 11.8 Å². The maximum Gasteiger partial charge on any atom is 0.274 e. The number of nitrogens with two attached hydrogens (primary N) is 1. The van der Waals surface area contributed by atoms with E-state index in [2.05, 4.69) is 22.1 Å². The van der Waals surface area contributed by atoms with Gasteiger partial charge >= 0.3 is 0 Å². The number of primary amides is 1. The van der Waals surface area contributed by atoms with Gasteiger partial charge < -0.3 is 20.9 Å². The minimum absolute atomic E-state index is 0.172. The second-order valence-electron chi connectivity index (χ2n) is 4.64. The molecule has 24 heavy (non-hydrogen) atoms. The van der Waals surface area contributed by atoms with Crippen molar-refractivity contribution >= 4 is 11.8 Å². The van der Waals surface area contributed by atoms with E-state index in [1.807, 2.05) is 30.3 Å². The van der Waals surface area contributed by atoms with E-state index in [9.17, 15) is 14.7 Å². The van der Waals surface area contributed by atoms with E-state index in [4.69, 9.17) is 10.5 Å². The molecule has 1 aromatic heterocycles. The van der Waals surface area contributed by atoms with Gasteiger partial charge in [-0.25, -0.2) is 4.98 Å². The van der Waals surface area contributed by atoms with Gasteiger partial charge in [0, 0.05) is 11.8 Å². The van der Waals surface area contributed by atoms with Crippen LogP contribution in [0.2, 0.25) is 0 Å². The summed E-state index contributed by atoms with van der Waals surface area (Å²) < 4.78 is 5.41. The summed E-state index contributed by atoms with van der Waals surface area (Å²) >= 11 is 0. The summed E-state index contributed by atoms with van der Waals surface area (Å²) in [6, 6.07) is 10.5. The number of carbonyl (C=O) groups is 2. The third-order valence-electron chi connectivity index (χ3n) is 2.79. The first-order chi connectivity index (χ1) is 11.6. The molecule has 0 fully saturated rings. The number of nitrogens with one attached hydrogen (secondary N) is 1. The Bertz CT molecular complexity index is 794. The number of rotatable bonds is 5. The van der Waals surface area contributed by atoms with Gasteiger partial charge in [0.1, 0.15) is 18.1 Å². The molecule has 0 aliphatic heterocycles. The van der Waals surface area contributed by atoms with Crippen LogP contribution in [0.1, 0.15) is 16.1 Å². The number of hydrogen-bond acceptors (Lipinski definition) is 5. The van der Waals surface area contributed by atoms with Crippen LogP contribution in [-0.2, 0) is 4.79 Å². The second kappa shape index (κ2) is 8.19. The molecule has 2 aromatic rings. The molecule has 122 valence electrons. The molecule has 7 nitrogen and oxygen atoms in total. The second-order valence-corrected chi connectivity index (χ2v) is 4.64. The van der Waals surface area contributed by atoms with Gasteiger partial charge in [-0.05, 0) is 18.2 Å². The molecule has 0 saturated carbocycles. The number of aromatic hydroxyl groups is 1. The summed E-state index contributed by atoms with van der Waals surface area (Å²) in [7, 11) is 0. The van der Waals surface area contributed by atoms with E-state index in [0.717, 1.165) is 0 Å². The van der Waals surface area contributed by atoms with E-state index in [1.54, 1.807) is 0 Å². The fourth-order valence-electron chi connectivity index (χ4n) is 1.72. The van der Waals surface area contributed by atoms with Gasteiger partial charge in [-0.1, -0.05) is 30.0 Å². The number of carbonyl (C=O) groups excluding carboxylic acids is 2. The van der Waals surface area contributed by atoms with Crippen LogP contribution >= 0.6 is 0 Å². The topological polar surface area (TPSA) is 115 Å². The first-order valence-corrected chi connectivity index (χ1v) is 6.98. The highest BCUT2D eigenvalue weighted by Crippen LogP contribution is 2.15. The number of benzene rings is 1. The lowest BCUT2D eigenvalue weighted by atomic mass is 10.2. The molecule has 7 heteroatoms. The zero-order chi connectivity index (χ0) is 17.4. The summed E-state index contributed by atoms with van der Waals surface area (Å²) in [5, 5.41) is 12.1. The lowest BCUT2D eigenvalue weighted by Crippen LogP contribution is -2.33. The van der Waals surface area contributed by atoms with Crippen molar-refractivity contribution in [2.45, 2.75) is 0 Å². The maximum absolute atomic E-state index is 11.7. The zero-order valence-corrected chi connectivity index (χ0v) is 12.7. The summed E-state index contributed by atoms with van der Waals surface area (Å²) in [5.41, 5.74) is 5.14. The van der Waals surface area contributed by atoms with Crippen molar-refractivity contribution in [3.8, 4) is 23.3 Å². The molecule has 1 aromatic carbocycles. The van der Waals surface area contributed by atoms with Gasteiger partial charge in [-0.15, -0.1) is 0 Å². The third-order valence-corrected chi connectivity index (χ3v) is 2.79. The van der Waals surface area contributed by atoms with Crippen molar-refractivity contribution in [2.75, 3.05) is 13.2 Å². The molecule has 0 spiro atoms. The molecule has 1 heterocycles. The predicted octanol–water partition coefficient (Wildman–Crippen LogP) is 0.433. The number of ether oxygens (including phenoxy) is 1. The van der Waals surface area contributed by atoms with E-state index in [1.165, 1.54) is 12.3 Å². The molecule has 4 N–H and O–H groups in total. The summed E-state index contributed by atoms with van der Waals surface area (Å²) in [4.78, 5) is 26.2. The predicted molar refractivity (Wildman–Crippen MR) is 86.2 cm³/mol. The Morgan fingerprint density at radius 2 is 2.04 bits per heavy atom. The number of para-hydroxylation sites is 1. The molecule has 0 aliphatic carbocycles. The van der Waals surface area contributed by atoms with Crippen LogP contribution in [0.3, 0.4) is 0 Å². The zero-order valence-electron chi connectivity index (χ0n) is 12.7. The first kappa shape index (κ1) is 16.8. The number of nitrogens with zero attached hydrogens (tertiary/aromatic N) is 1. The third kappa shape index (κ3) is 5.03. The van der Waals surface area contributed by atoms with E-state index >= 15 is 0 Å². The van der Waals surface area contributed by atoms with Crippen molar-refractivity contribution in [2.24, 2.45) is 5.73 Å². The molecule has 0 unspecified atom stereocenters. The molecular weight excluding hydrogens is 310 g/mol. The minimum Gasteiger partial charge on any atom is -0.505 e. The van der Waals surface area contributed by atoms with Gasteiger partial charge in [0.15, 0.2) is 5.69 Å². The van der Waals surface area contributed by atoms with Crippen LogP contribution in [0.5, 0.6) is 11.5 Å². The SMILES string of the molecule is NC(=O)CNC(=O)c1ncc(C#CCOc2ccccc2)cc1O. The molecule has 0 aliphatic rings. The Hall–Kier alpha value is -3.53. The molecule has 2 rings (SSSR count). The average molecular weight is 325 g/mol. The highest BCUT2D eigenvalue weighted by molar-refractivity contribution is 5.96. The van der Waals surface area contributed by atoms with E-state index in [0.29, 0.717) is 11.3 Å². The Morgan fingerprint density at radius 3 is 2.71 bits per heavy atom. The Kier molecular flexibility index (Phi) is 5.75. The maximum atomic E-state index is 11.7. The minimum atomic E-state index is -0.696. The standard InChI is InChI=1S/C17H15N3O4/c18-15(22)11-20-17(23)16-14(21)9-12(10-19-16)5-4-8-24-13-6-2-1-3-7-13/h1-3,6-7,9-10,21H,8,11H2,(H2,18,22)(H,20,23). The van der Waals surface area contributed by atoms with Crippen LogP contribution < -0.4 is 15.8 Å². The number of pyridine rings is 1. The highest BCUT2D eigenvalue weighted by Gasteiger charge is 2.13. The summed E-state index contributed by atoms with van der Waals surface area (Å²) in [6.07, 6.45) is 1.34. The van der Waals surface area contributed by atoms with Crippen LogP contribution in [0.4, 0.5) is 0 Å². The molecule has 0 radical (unpaired) electrons. The molecule has 2 amide bonds. The van der Waals surface area contributed by atoms with Crippen molar-refractivity contribution in [3.05, 3.63) is 53.9 Å². The molecular formula is C17H15N3O4. The van der Waals surface area contributed by atoms with Crippen molar-refractivity contribution in [1.29, 1.82) is 0 Å². The largest absolute Gasteiger partial charge is 0.505 e. The summed E-state index contributed by atoms with van der Waals surface area (Å²) in [5.74, 6) is 4.53. The quantitative estimate of drug-likeness (QED) is 0.690. The number of aromatic nitrogens is 1. The lowest BCUT2D eigenvalue weighted by molar-refractivity contribution is -0.117. The van der Waals surface area contributed by atoms with Gasteiger partial charge in [-0.3, -0.25) is 9.59 Å². The van der Waals surface area contributed by atoms with Gasteiger partial charge in [0.05, 0.1) is 6.54 Å². The fourth-order valence-corrected chi connectivity index (χ4v) is 1.72. The van der Waals surface area contributed by atoms with Crippen LogP contribution in [0.15, 0.2) is 42.6 Å². The van der Waals surface area contributed by atoms with Crippen LogP contribution in [0, 0.1) is 11.8 Å². The van der Waals surface area contributed by atoms with E-state index in [-0.39, 0.29) is 24.6 Å². The van der Waals surface area contributed by atoms with Gasteiger partial charge in [-0.2, -0.15) is 0 Å². The van der Waals surface area contributed by atoms with Gasteiger partial charge in [0.25, 0.3) is 5.91 Å². The summed E-state index contributed by atoms with van der Waals surface area (Å²) in [6.45, 7) is -0.163. The van der Waals surface area contributed by atoms with Crippen molar-refractivity contribution in [1.82, 2.24) is 10.3 Å². The van der Waals surface area contributed by atoms with Gasteiger partial charge in [0.2, 0.25) is 5.91 Å². The highest BCUT2D eigenvalue weighted by atomic mass is 16.5. The molecule has 0 bridgehead atoms. The average Bonchev–Trinajstić information content (AvgIpc) is 2.57. The Labute approximate surface area is 138 Å². The van der Waals surface area contributed by atoms with Crippen LogP contribution in [0.25, 0.3) is 0 Å².